The zero-order chi connectivity index (χ0) is 25.8. The molecular weight excluding hydrogens is 456 g/mol. The zero-order valence-electron chi connectivity index (χ0n) is 20.4. The van der Waals surface area contributed by atoms with Crippen molar-refractivity contribution in [3.63, 3.8) is 0 Å². The summed E-state index contributed by atoms with van der Waals surface area (Å²) in [5.74, 6) is -0.307. The van der Waals surface area contributed by atoms with Crippen LogP contribution < -0.4 is 19.1 Å². The minimum atomic E-state index is -1.31. The molecule has 1 aliphatic rings. The van der Waals surface area contributed by atoms with Crippen LogP contribution in [-0.2, 0) is 20.9 Å². The van der Waals surface area contributed by atoms with Crippen molar-refractivity contribution >= 4 is 23.7 Å². The molecule has 1 unspecified atom stereocenters. The second kappa shape index (κ2) is 10.5. The molecule has 1 fully saturated rings. The summed E-state index contributed by atoms with van der Waals surface area (Å²) in [6, 6.07) is 10.7. The molecule has 1 aliphatic heterocycles. The molecule has 3 rings (SSSR count). The second-order valence-corrected chi connectivity index (χ2v) is 8.96. The molecule has 10 nitrogen and oxygen atoms in total. The Balaban J connectivity index is 1.85. The molecule has 1 heterocycles. The van der Waals surface area contributed by atoms with Crippen molar-refractivity contribution in [2.75, 3.05) is 32.2 Å². The first-order chi connectivity index (χ1) is 16.5. The molecule has 2 amide bonds. The summed E-state index contributed by atoms with van der Waals surface area (Å²) in [6.07, 6.45) is -0.742. The van der Waals surface area contributed by atoms with Gasteiger partial charge in [0, 0.05) is 6.07 Å². The molecule has 0 bridgehead atoms. The molecule has 35 heavy (non-hydrogen) atoms. The first-order valence-electron chi connectivity index (χ1n) is 11.0. The summed E-state index contributed by atoms with van der Waals surface area (Å²) < 4.78 is 21.9. The topological polar surface area (TPSA) is 115 Å². The van der Waals surface area contributed by atoms with Gasteiger partial charge in [0.05, 0.1) is 26.5 Å². The predicted octanol–water partition coefficient (Wildman–Crippen LogP) is 3.32. The van der Waals surface area contributed by atoms with E-state index in [2.05, 4.69) is 0 Å². The van der Waals surface area contributed by atoms with Crippen LogP contribution in [0.2, 0.25) is 0 Å². The van der Waals surface area contributed by atoms with Gasteiger partial charge >= 0.3 is 12.1 Å². The van der Waals surface area contributed by atoms with Gasteiger partial charge in [-0.05, 0) is 50.6 Å². The monoisotopic (exact) mass is 486 g/mol. The number of nitrogens with zero attached hydrogens (tertiary/aromatic N) is 2. The van der Waals surface area contributed by atoms with Crippen LogP contribution in [0.5, 0.6) is 17.2 Å². The number of carboxylic acids is 1. The van der Waals surface area contributed by atoms with E-state index in [-0.39, 0.29) is 19.7 Å². The van der Waals surface area contributed by atoms with Crippen molar-refractivity contribution in [1.29, 1.82) is 0 Å². The molecule has 10 heteroatoms. The Morgan fingerprint density at radius 2 is 1.69 bits per heavy atom. The van der Waals surface area contributed by atoms with Crippen molar-refractivity contribution in [2.45, 2.75) is 39.0 Å². The van der Waals surface area contributed by atoms with Crippen LogP contribution in [0.15, 0.2) is 42.5 Å². The fraction of sp³-hybridized carbons (Fsp3) is 0.400. The highest BCUT2D eigenvalue weighted by Crippen LogP contribution is 2.33. The SMILES string of the molecule is COc1cc(COc2ccccc2N2C(=O)CN(C(=O)OC(C)(C)C)CC2C(=O)O)cc(OC)c1. The molecule has 0 aromatic heterocycles. The first kappa shape index (κ1) is 25.7. The maximum atomic E-state index is 13.1. The van der Waals surface area contributed by atoms with Crippen LogP contribution in [-0.4, -0.2) is 66.9 Å². The van der Waals surface area contributed by atoms with Crippen LogP contribution in [0.3, 0.4) is 0 Å². The van der Waals surface area contributed by atoms with Crippen molar-refractivity contribution in [3.8, 4) is 17.2 Å². The van der Waals surface area contributed by atoms with Gasteiger partial charge in [-0.3, -0.25) is 14.6 Å². The second-order valence-electron chi connectivity index (χ2n) is 8.96. The van der Waals surface area contributed by atoms with Crippen molar-refractivity contribution in [2.24, 2.45) is 0 Å². The van der Waals surface area contributed by atoms with Gasteiger partial charge in [-0.25, -0.2) is 9.59 Å². The first-order valence-corrected chi connectivity index (χ1v) is 11.0. The van der Waals surface area contributed by atoms with Gasteiger partial charge in [0.25, 0.3) is 0 Å². The summed E-state index contributed by atoms with van der Waals surface area (Å²) in [6.45, 7) is 4.67. The summed E-state index contributed by atoms with van der Waals surface area (Å²) in [5.41, 5.74) is 0.273. The number of aliphatic carboxylic acids is 1. The van der Waals surface area contributed by atoms with Crippen molar-refractivity contribution < 1.29 is 38.4 Å². The molecule has 1 atom stereocenters. The van der Waals surface area contributed by atoms with E-state index in [0.29, 0.717) is 22.9 Å². The third kappa shape index (κ3) is 6.34. The highest BCUT2D eigenvalue weighted by Gasteiger charge is 2.42. The highest BCUT2D eigenvalue weighted by molar-refractivity contribution is 6.03. The van der Waals surface area contributed by atoms with Crippen molar-refractivity contribution in [1.82, 2.24) is 4.90 Å². The van der Waals surface area contributed by atoms with Crippen LogP contribution >= 0.6 is 0 Å². The van der Waals surface area contributed by atoms with Gasteiger partial charge in [0.15, 0.2) is 6.04 Å². The standard InChI is InChI=1S/C25H30N2O8/c1-25(2,3)35-24(31)26-13-20(23(29)30)27(22(28)14-26)19-8-6-7-9-21(19)34-15-16-10-17(32-4)12-18(11-16)33-5/h6-12,20H,13-15H2,1-5H3,(H,29,30). The lowest BCUT2D eigenvalue weighted by Crippen LogP contribution is -2.61. The van der Waals surface area contributed by atoms with Gasteiger partial charge < -0.3 is 24.1 Å². The summed E-state index contributed by atoms with van der Waals surface area (Å²) >= 11 is 0. The Labute approximate surface area is 203 Å². The summed E-state index contributed by atoms with van der Waals surface area (Å²) in [7, 11) is 3.09. The summed E-state index contributed by atoms with van der Waals surface area (Å²) in [4.78, 5) is 40.0. The van der Waals surface area contributed by atoms with E-state index in [0.717, 1.165) is 15.4 Å². The lowest BCUT2D eigenvalue weighted by Gasteiger charge is -2.39. The quantitative estimate of drug-likeness (QED) is 0.634. The van der Waals surface area contributed by atoms with E-state index in [1.807, 2.05) is 0 Å². The average Bonchev–Trinajstić information content (AvgIpc) is 2.81. The predicted molar refractivity (Wildman–Crippen MR) is 127 cm³/mol. The maximum Gasteiger partial charge on any atom is 0.410 e. The number of hydrogen-bond donors (Lipinski definition) is 1. The number of hydrogen-bond acceptors (Lipinski definition) is 7. The molecule has 0 radical (unpaired) electrons. The number of carbonyl (C=O) groups excluding carboxylic acids is 2. The Morgan fingerprint density at radius 3 is 2.26 bits per heavy atom. The number of piperazine rings is 1. The molecule has 1 N–H and O–H groups in total. The van der Waals surface area contributed by atoms with Crippen LogP contribution in [0.25, 0.3) is 0 Å². The largest absolute Gasteiger partial charge is 0.497 e. The number of para-hydroxylation sites is 2. The molecule has 188 valence electrons. The number of anilines is 1. The molecule has 2 aromatic carbocycles. The zero-order valence-corrected chi connectivity index (χ0v) is 20.4. The molecule has 0 spiro atoms. The van der Waals surface area contributed by atoms with E-state index in [9.17, 15) is 19.5 Å². The number of carboxylic acid groups (broad SMARTS) is 1. The molecule has 0 saturated carbocycles. The molecular formula is C25H30N2O8. The van der Waals surface area contributed by atoms with Gasteiger partial charge in [-0.1, -0.05) is 12.1 Å². The van der Waals surface area contributed by atoms with E-state index < -0.39 is 29.6 Å². The van der Waals surface area contributed by atoms with Gasteiger partial charge in [-0.2, -0.15) is 0 Å². The van der Waals surface area contributed by atoms with Crippen LogP contribution in [0, 0.1) is 0 Å². The van der Waals surface area contributed by atoms with Gasteiger partial charge in [0.2, 0.25) is 5.91 Å². The van der Waals surface area contributed by atoms with E-state index in [1.54, 1.807) is 77.5 Å². The highest BCUT2D eigenvalue weighted by atomic mass is 16.6. The lowest BCUT2D eigenvalue weighted by molar-refractivity contribution is -0.142. The fourth-order valence-corrected chi connectivity index (χ4v) is 3.61. The normalized spacial score (nSPS) is 16.0. The van der Waals surface area contributed by atoms with E-state index in [1.165, 1.54) is 0 Å². The number of carbonyl (C=O) groups is 3. The van der Waals surface area contributed by atoms with E-state index in [4.69, 9.17) is 18.9 Å². The lowest BCUT2D eigenvalue weighted by atomic mass is 10.1. The molecule has 2 aromatic rings. The summed E-state index contributed by atoms with van der Waals surface area (Å²) in [5, 5.41) is 9.89. The minimum absolute atomic E-state index is 0.119. The Morgan fingerprint density at radius 1 is 1.06 bits per heavy atom. The number of ether oxygens (including phenoxy) is 4. The average molecular weight is 487 g/mol. The van der Waals surface area contributed by atoms with Crippen LogP contribution in [0.1, 0.15) is 26.3 Å². The molecule has 0 aliphatic carbocycles. The Hall–Kier alpha value is -3.95. The fourth-order valence-electron chi connectivity index (χ4n) is 3.61. The molecule has 1 saturated heterocycles. The third-order valence-corrected chi connectivity index (χ3v) is 5.17. The Kier molecular flexibility index (Phi) is 7.73. The number of amides is 2. The number of methoxy groups -OCH3 is 2. The number of rotatable bonds is 7. The smallest absolute Gasteiger partial charge is 0.410 e. The minimum Gasteiger partial charge on any atom is -0.497 e. The van der Waals surface area contributed by atoms with E-state index >= 15 is 0 Å². The number of benzene rings is 2. The third-order valence-electron chi connectivity index (χ3n) is 5.17. The maximum absolute atomic E-state index is 13.1. The van der Waals surface area contributed by atoms with Gasteiger partial charge in [-0.15, -0.1) is 0 Å². The van der Waals surface area contributed by atoms with Crippen LogP contribution in [0.4, 0.5) is 10.5 Å². The Bertz CT molecular complexity index is 1070. The van der Waals surface area contributed by atoms with Gasteiger partial charge in [0.1, 0.15) is 36.0 Å². The van der Waals surface area contributed by atoms with Crippen molar-refractivity contribution in [3.05, 3.63) is 48.0 Å².